The maximum atomic E-state index is 13.7. The van der Waals surface area contributed by atoms with Gasteiger partial charge in [0.2, 0.25) is 0 Å². The molecule has 0 spiro atoms. The molecule has 1 amide bonds. The number of rotatable bonds is 11. The molecule has 0 bridgehead atoms. The van der Waals surface area contributed by atoms with Gasteiger partial charge in [-0.3, -0.25) is 4.79 Å². The Morgan fingerprint density at radius 2 is 1.62 bits per heavy atom. The van der Waals surface area contributed by atoms with E-state index in [9.17, 15) is 9.59 Å². The molecule has 0 radical (unpaired) electrons. The van der Waals surface area contributed by atoms with E-state index in [-0.39, 0.29) is 12.2 Å². The highest BCUT2D eigenvalue weighted by Crippen LogP contribution is 2.33. The summed E-state index contributed by atoms with van der Waals surface area (Å²) in [6.07, 6.45) is 0. The monoisotopic (exact) mass is 535 g/mol. The molecular weight excluding hydrogens is 506 g/mol. The lowest BCUT2D eigenvalue weighted by molar-refractivity contribution is -0.117. The number of nitriles is 1. The summed E-state index contributed by atoms with van der Waals surface area (Å²) in [5.41, 5.74) is 3.30. The van der Waals surface area contributed by atoms with Gasteiger partial charge in [0.25, 0.3) is 5.91 Å². The number of amides is 1. The van der Waals surface area contributed by atoms with Crippen LogP contribution in [0.5, 0.6) is 11.5 Å². The molecule has 8 nitrogen and oxygen atoms in total. The minimum Gasteiger partial charge on any atom is -0.493 e. The van der Waals surface area contributed by atoms with E-state index in [4.69, 9.17) is 19.5 Å². The van der Waals surface area contributed by atoms with Gasteiger partial charge in [0, 0.05) is 5.69 Å². The van der Waals surface area contributed by atoms with Crippen LogP contribution in [-0.2, 0) is 16.1 Å². The Morgan fingerprint density at radius 3 is 2.33 bits per heavy atom. The summed E-state index contributed by atoms with van der Waals surface area (Å²) >= 11 is 0. The number of hydrogen-bond acceptors (Lipinski definition) is 7. The predicted molar refractivity (Wildman–Crippen MR) is 152 cm³/mol. The number of methoxy groups -OCH3 is 1. The molecule has 202 valence electrons. The topological polar surface area (TPSA) is 110 Å². The van der Waals surface area contributed by atoms with Crippen molar-refractivity contribution in [2.24, 2.45) is 0 Å². The first-order valence-electron chi connectivity index (χ1n) is 12.7. The fourth-order valence-corrected chi connectivity index (χ4v) is 4.01. The predicted octanol–water partition coefficient (Wildman–Crippen LogP) is 6.11. The lowest BCUT2D eigenvalue weighted by Gasteiger charge is -2.22. The molecule has 0 aliphatic heterocycles. The molecule has 4 rings (SSSR count). The first-order valence-corrected chi connectivity index (χ1v) is 12.7. The van der Waals surface area contributed by atoms with Gasteiger partial charge in [-0.2, -0.15) is 5.26 Å². The van der Waals surface area contributed by atoms with Crippen LogP contribution in [0.4, 0.5) is 11.4 Å². The number of nitrogens with zero attached hydrogens (tertiary/aromatic N) is 1. The number of nitrogens with one attached hydrogen (secondary N) is 2. The molecular formula is C32H29N3O5. The fraction of sp³-hybridized carbons (Fsp3) is 0.156. The Morgan fingerprint density at radius 1 is 0.900 bits per heavy atom. The standard InChI is InChI=1S/C32H29N3O5/c1-3-39-32(37)26-11-7-8-12-27(26)35-31(36)30(34-25-16-13-22(20-33)14-17-25)24-15-18-28(29(19-24)38-2)40-21-23-9-5-4-6-10-23/h4-19,30,34H,3,21H2,1-2H3,(H,35,36). The van der Waals surface area contributed by atoms with Crippen molar-refractivity contribution in [1.82, 2.24) is 0 Å². The number of anilines is 2. The summed E-state index contributed by atoms with van der Waals surface area (Å²) in [4.78, 5) is 26.2. The van der Waals surface area contributed by atoms with Crippen molar-refractivity contribution in [3.63, 3.8) is 0 Å². The van der Waals surface area contributed by atoms with Crippen LogP contribution in [0, 0.1) is 11.3 Å². The van der Waals surface area contributed by atoms with E-state index in [1.54, 1.807) is 73.7 Å². The van der Waals surface area contributed by atoms with Gasteiger partial charge in [-0.15, -0.1) is 0 Å². The minimum atomic E-state index is -0.889. The average Bonchev–Trinajstić information content (AvgIpc) is 3.00. The molecule has 0 saturated heterocycles. The second-order valence-corrected chi connectivity index (χ2v) is 8.71. The molecule has 0 aromatic heterocycles. The van der Waals surface area contributed by atoms with Gasteiger partial charge in [0.15, 0.2) is 11.5 Å². The summed E-state index contributed by atoms with van der Waals surface area (Å²) in [5.74, 6) is 0.0396. The van der Waals surface area contributed by atoms with Crippen LogP contribution in [-0.4, -0.2) is 25.6 Å². The molecule has 0 aliphatic carbocycles. The summed E-state index contributed by atoms with van der Waals surface area (Å²) in [5, 5.41) is 15.3. The van der Waals surface area contributed by atoms with Crippen molar-refractivity contribution in [3.05, 3.63) is 119 Å². The summed E-state index contributed by atoms with van der Waals surface area (Å²) < 4.78 is 16.7. The van der Waals surface area contributed by atoms with E-state index >= 15 is 0 Å². The van der Waals surface area contributed by atoms with Gasteiger partial charge in [0.05, 0.1) is 36.6 Å². The van der Waals surface area contributed by atoms with E-state index in [1.165, 1.54) is 7.11 Å². The smallest absolute Gasteiger partial charge is 0.340 e. The SMILES string of the molecule is CCOC(=O)c1ccccc1NC(=O)C(Nc1ccc(C#N)cc1)c1ccc(OCc2ccccc2)c(OC)c1. The van der Waals surface area contributed by atoms with Crippen LogP contribution in [0.3, 0.4) is 0 Å². The van der Waals surface area contributed by atoms with Crippen molar-refractivity contribution in [2.45, 2.75) is 19.6 Å². The molecule has 0 saturated carbocycles. The zero-order valence-corrected chi connectivity index (χ0v) is 22.2. The summed E-state index contributed by atoms with van der Waals surface area (Å²) in [6.45, 7) is 2.29. The number of ether oxygens (including phenoxy) is 3. The van der Waals surface area contributed by atoms with Gasteiger partial charge in [0.1, 0.15) is 12.6 Å². The molecule has 4 aromatic rings. The van der Waals surface area contributed by atoms with Crippen molar-refractivity contribution in [2.75, 3.05) is 24.4 Å². The molecule has 0 aliphatic rings. The first-order chi connectivity index (χ1) is 19.5. The Balaban J connectivity index is 1.64. The van der Waals surface area contributed by atoms with Crippen molar-refractivity contribution < 1.29 is 23.8 Å². The minimum absolute atomic E-state index is 0.211. The highest BCUT2D eigenvalue weighted by molar-refractivity contribution is 6.03. The molecule has 2 N–H and O–H groups in total. The number of esters is 1. The van der Waals surface area contributed by atoms with E-state index in [0.717, 1.165) is 5.56 Å². The van der Waals surface area contributed by atoms with Gasteiger partial charge in [-0.05, 0) is 66.6 Å². The normalized spacial score (nSPS) is 11.0. The van der Waals surface area contributed by atoms with Crippen LogP contribution in [0.15, 0.2) is 97.1 Å². The highest BCUT2D eigenvalue weighted by Gasteiger charge is 2.24. The quantitative estimate of drug-likeness (QED) is 0.223. The molecule has 8 heteroatoms. The zero-order valence-electron chi connectivity index (χ0n) is 22.2. The maximum Gasteiger partial charge on any atom is 0.340 e. The number of para-hydroxylation sites is 1. The highest BCUT2D eigenvalue weighted by atomic mass is 16.5. The molecule has 4 aromatic carbocycles. The largest absolute Gasteiger partial charge is 0.493 e. The second-order valence-electron chi connectivity index (χ2n) is 8.71. The van der Waals surface area contributed by atoms with Crippen LogP contribution in [0.25, 0.3) is 0 Å². The van der Waals surface area contributed by atoms with Crippen molar-refractivity contribution >= 4 is 23.3 Å². The van der Waals surface area contributed by atoms with E-state index in [0.29, 0.717) is 40.6 Å². The van der Waals surface area contributed by atoms with E-state index < -0.39 is 17.9 Å². The van der Waals surface area contributed by atoms with Crippen molar-refractivity contribution in [3.8, 4) is 17.6 Å². The molecule has 0 fully saturated rings. The maximum absolute atomic E-state index is 13.7. The van der Waals surface area contributed by atoms with Gasteiger partial charge in [-0.25, -0.2) is 4.79 Å². The van der Waals surface area contributed by atoms with Gasteiger partial charge >= 0.3 is 5.97 Å². The Labute approximate surface area is 233 Å². The second kappa shape index (κ2) is 13.5. The number of carbonyl (C=O) groups is 2. The Hall–Kier alpha value is -5.29. The Bertz CT molecular complexity index is 1500. The first kappa shape index (κ1) is 27.7. The van der Waals surface area contributed by atoms with Crippen LogP contribution in [0.2, 0.25) is 0 Å². The van der Waals surface area contributed by atoms with Crippen LogP contribution in [0.1, 0.15) is 40.0 Å². The van der Waals surface area contributed by atoms with E-state index in [1.807, 2.05) is 30.3 Å². The number of hydrogen-bond donors (Lipinski definition) is 2. The third-order valence-electron chi connectivity index (χ3n) is 6.03. The van der Waals surface area contributed by atoms with Gasteiger partial charge in [-0.1, -0.05) is 48.5 Å². The fourth-order valence-electron chi connectivity index (χ4n) is 4.01. The zero-order chi connectivity index (χ0) is 28.3. The van der Waals surface area contributed by atoms with Gasteiger partial charge < -0.3 is 24.8 Å². The summed E-state index contributed by atoms with van der Waals surface area (Å²) in [7, 11) is 1.53. The lowest BCUT2D eigenvalue weighted by atomic mass is 10.0. The summed E-state index contributed by atoms with van der Waals surface area (Å²) in [6, 6.07) is 29.7. The molecule has 1 atom stereocenters. The third kappa shape index (κ3) is 6.97. The molecule has 0 heterocycles. The van der Waals surface area contributed by atoms with Crippen LogP contribution < -0.4 is 20.1 Å². The molecule has 40 heavy (non-hydrogen) atoms. The van der Waals surface area contributed by atoms with Crippen molar-refractivity contribution in [1.29, 1.82) is 5.26 Å². The number of carbonyl (C=O) groups excluding carboxylic acids is 2. The molecule has 1 unspecified atom stereocenters. The third-order valence-corrected chi connectivity index (χ3v) is 6.03. The average molecular weight is 536 g/mol. The lowest BCUT2D eigenvalue weighted by Crippen LogP contribution is -2.28. The number of benzene rings is 4. The van der Waals surface area contributed by atoms with Crippen LogP contribution >= 0.6 is 0 Å². The Kier molecular flexibility index (Phi) is 9.35. The van der Waals surface area contributed by atoms with E-state index in [2.05, 4.69) is 16.7 Å².